The first kappa shape index (κ1) is 16.9. The molecule has 23 heavy (non-hydrogen) atoms. The monoisotopic (exact) mass is 317 g/mol. The maximum absolute atomic E-state index is 12.3. The van der Waals surface area contributed by atoms with Crippen LogP contribution in [-0.2, 0) is 9.53 Å². The zero-order chi connectivity index (χ0) is 16.7. The summed E-state index contributed by atoms with van der Waals surface area (Å²) in [4.78, 5) is 24.0. The van der Waals surface area contributed by atoms with Gasteiger partial charge in [0.25, 0.3) is 0 Å². The average Bonchev–Trinajstić information content (AvgIpc) is 2.54. The smallest absolute Gasteiger partial charge is 0.244 e. The molecule has 2 N–H and O–H groups in total. The maximum Gasteiger partial charge on any atom is 0.244 e. The highest BCUT2D eigenvalue weighted by Crippen LogP contribution is 2.13. The Morgan fingerprint density at radius 1 is 1.39 bits per heavy atom. The highest BCUT2D eigenvalue weighted by Gasteiger charge is 2.05. The number of nitrogens with one attached hydrogen (secondary N) is 1. The van der Waals surface area contributed by atoms with Crippen molar-refractivity contribution < 1.29 is 19.1 Å². The van der Waals surface area contributed by atoms with Crippen molar-refractivity contribution in [2.45, 2.75) is 6.92 Å². The quantitative estimate of drug-likeness (QED) is 0.592. The largest absolute Gasteiger partial charge is 0.463 e. The van der Waals surface area contributed by atoms with Crippen molar-refractivity contribution in [2.75, 3.05) is 26.4 Å². The Hall–Kier alpha value is -2.44. The number of carbonyl (C=O) groups is 1. The van der Waals surface area contributed by atoms with Crippen LogP contribution in [0.5, 0.6) is 0 Å². The molecule has 0 saturated heterocycles. The Kier molecular flexibility index (Phi) is 6.08. The lowest BCUT2D eigenvalue weighted by Crippen LogP contribution is -2.25. The molecule has 1 heterocycles. The first-order valence-corrected chi connectivity index (χ1v) is 7.28. The molecule has 0 aliphatic heterocycles. The third-order valence-corrected chi connectivity index (χ3v) is 3.15. The van der Waals surface area contributed by atoms with Crippen molar-refractivity contribution in [3.63, 3.8) is 0 Å². The second-order valence-corrected chi connectivity index (χ2v) is 4.98. The number of carbonyl (C=O) groups excluding carboxylic acids is 1. The van der Waals surface area contributed by atoms with E-state index in [1.165, 1.54) is 18.4 Å². The Morgan fingerprint density at radius 3 is 3.00 bits per heavy atom. The molecule has 1 aromatic carbocycles. The van der Waals surface area contributed by atoms with Gasteiger partial charge in [0, 0.05) is 12.6 Å². The van der Waals surface area contributed by atoms with Crippen molar-refractivity contribution in [3.8, 4) is 0 Å². The molecule has 0 bridgehead atoms. The van der Waals surface area contributed by atoms with Gasteiger partial charge in [0.1, 0.15) is 11.8 Å². The fraction of sp³-hybridized carbons (Fsp3) is 0.294. The average molecular weight is 317 g/mol. The van der Waals surface area contributed by atoms with Crippen molar-refractivity contribution >= 4 is 23.0 Å². The number of amides is 1. The number of aliphatic hydroxyl groups excluding tert-OH is 1. The molecule has 0 saturated carbocycles. The molecule has 0 radical (unpaired) electrons. The Bertz CT molecular complexity index is 763. The summed E-state index contributed by atoms with van der Waals surface area (Å²) in [5, 5.41) is 11.6. The molecule has 0 aliphatic carbocycles. The number of rotatable bonds is 7. The summed E-state index contributed by atoms with van der Waals surface area (Å²) >= 11 is 0. The zero-order valence-corrected chi connectivity index (χ0v) is 12.9. The van der Waals surface area contributed by atoms with Crippen LogP contribution < -0.4 is 10.7 Å². The zero-order valence-electron chi connectivity index (χ0n) is 12.9. The SMILES string of the molecule is Cc1ccc2occ(/C=C/C(=O)NCCOCCO)c(=O)c2c1. The molecule has 2 rings (SSSR count). The number of aliphatic hydroxyl groups is 1. The number of ether oxygens (including phenoxy) is 1. The summed E-state index contributed by atoms with van der Waals surface area (Å²) in [5.41, 5.74) is 1.62. The fourth-order valence-electron chi connectivity index (χ4n) is 2.01. The number of benzene rings is 1. The Morgan fingerprint density at radius 2 is 2.22 bits per heavy atom. The van der Waals surface area contributed by atoms with Gasteiger partial charge in [-0.25, -0.2) is 0 Å². The third-order valence-electron chi connectivity index (χ3n) is 3.15. The first-order valence-electron chi connectivity index (χ1n) is 7.28. The molecule has 0 fully saturated rings. The van der Waals surface area contributed by atoms with Crippen molar-refractivity contribution in [1.29, 1.82) is 0 Å². The first-order chi connectivity index (χ1) is 11.1. The molecule has 0 spiro atoms. The molecule has 1 amide bonds. The van der Waals surface area contributed by atoms with E-state index in [1.807, 2.05) is 13.0 Å². The standard InChI is InChI=1S/C17H19NO5/c1-12-2-4-15-14(10-12)17(21)13(11-23-15)3-5-16(20)18-6-8-22-9-7-19/h2-5,10-11,19H,6-9H2,1H3,(H,18,20)/b5-3+. The summed E-state index contributed by atoms with van der Waals surface area (Å²) in [6.45, 7) is 2.73. The van der Waals surface area contributed by atoms with Gasteiger partial charge in [0.15, 0.2) is 5.43 Å². The molecular weight excluding hydrogens is 298 g/mol. The summed E-state index contributed by atoms with van der Waals surface area (Å²) in [7, 11) is 0. The summed E-state index contributed by atoms with van der Waals surface area (Å²) in [6.07, 6.45) is 4.05. The van der Waals surface area contributed by atoms with E-state index in [0.29, 0.717) is 29.7 Å². The van der Waals surface area contributed by atoms with Gasteiger partial charge in [0.05, 0.1) is 30.8 Å². The van der Waals surface area contributed by atoms with Gasteiger partial charge >= 0.3 is 0 Å². The third kappa shape index (κ3) is 4.77. The lowest BCUT2D eigenvalue weighted by atomic mass is 10.1. The van der Waals surface area contributed by atoms with E-state index in [-0.39, 0.29) is 24.5 Å². The molecule has 1 aromatic heterocycles. The molecule has 122 valence electrons. The van der Waals surface area contributed by atoms with E-state index in [9.17, 15) is 9.59 Å². The van der Waals surface area contributed by atoms with E-state index < -0.39 is 0 Å². The highest BCUT2D eigenvalue weighted by atomic mass is 16.5. The van der Waals surface area contributed by atoms with Gasteiger partial charge in [-0.15, -0.1) is 0 Å². The van der Waals surface area contributed by atoms with E-state index in [2.05, 4.69) is 5.32 Å². The van der Waals surface area contributed by atoms with Gasteiger partial charge in [-0.05, 0) is 25.1 Å². The van der Waals surface area contributed by atoms with Gasteiger partial charge in [-0.2, -0.15) is 0 Å². The van der Waals surface area contributed by atoms with Crippen LogP contribution in [0.1, 0.15) is 11.1 Å². The maximum atomic E-state index is 12.3. The normalized spacial score (nSPS) is 11.2. The van der Waals surface area contributed by atoms with Crippen LogP contribution in [-0.4, -0.2) is 37.4 Å². The lowest BCUT2D eigenvalue weighted by Gasteiger charge is -2.03. The number of hydrogen-bond acceptors (Lipinski definition) is 5. The van der Waals surface area contributed by atoms with Crippen LogP contribution in [0, 0.1) is 6.92 Å². The number of fused-ring (bicyclic) bond motifs is 1. The van der Waals surface area contributed by atoms with E-state index in [0.717, 1.165) is 5.56 Å². The fourth-order valence-corrected chi connectivity index (χ4v) is 2.01. The molecule has 0 aliphatic rings. The summed E-state index contributed by atoms with van der Waals surface area (Å²) in [6, 6.07) is 5.38. The predicted molar refractivity (Wildman–Crippen MR) is 87.2 cm³/mol. The highest BCUT2D eigenvalue weighted by molar-refractivity contribution is 5.92. The van der Waals surface area contributed by atoms with Crippen LogP contribution in [0.15, 0.2) is 39.7 Å². The number of hydrogen-bond donors (Lipinski definition) is 2. The molecule has 6 heteroatoms. The second-order valence-electron chi connectivity index (χ2n) is 4.98. The van der Waals surface area contributed by atoms with Crippen LogP contribution in [0.4, 0.5) is 0 Å². The van der Waals surface area contributed by atoms with Crippen molar-refractivity contribution in [1.82, 2.24) is 5.32 Å². The molecule has 2 aromatic rings. The van der Waals surface area contributed by atoms with E-state index >= 15 is 0 Å². The van der Waals surface area contributed by atoms with Gasteiger partial charge in [0.2, 0.25) is 5.91 Å². The van der Waals surface area contributed by atoms with Gasteiger partial charge < -0.3 is 19.6 Å². The minimum Gasteiger partial charge on any atom is -0.463 e. The lowest BCUT2D eigenvalue weighted by molar-refractivity contribution is -0.116. The summed E-state index contributed by atoms with van der Waals surface area (Å²) in [5.74, 6) is -0.332. The number of aryl methyl sites for hydroxylation is 1. The molecule has 0 atom stereocenters. The van der Waals surface area contributed by atoms with Crippen molar-refractivity contribution in [3.05, 3.63) is 51.9 Å². The Balaban J connectivity index is 2.02. The summed E-state index contributed by atoms with van der Waals surface area (Å²) < 4.78 is 10.4. The van der Waals surface area contributed by atoms with E-state index in [1.54, 1.807) is 12.1 Å². The van der Waals surface area contributed by atoms with Crippen LogP contribution in [0.2, 0.25) is 0 Å². The van der Waals surface area contributed by atoms with Crippen LogP contribution in [0.25, 0.3) is 17.0 Å². The topological polar surface area (TPSA) is 88.8 Å². The van der Waals surface area contributed by atoms with Crippen LogP contribution in [0.3, 0.4) is 0 Å². The van der Waals surface area contributed by atoms with Crippen molar-refractivity contribution in [2.24, 2.45) is 0 Å². The minimum atomic E-state index is -0.332. The molecule has 0 unspecified atom stereocenters. The van der Waals surface area contributed by atoms with Gasteiger partial charge in [-0.3, -0.25) is 9.59 Å². The van der Waals surface area contributed by atoms with Crippen LogP contribution >= 0.6 is 0 Å². The molecular formula is C17H19NO5. The van der Waals surface area contributed by atoms with Gasteiger partial charge in [-0.1, -0.05) is 11.6 Å². The minimum absolute atomic E-state index is 0.0505. The predicted octanol–water partition coefficient (Wildman–Crippen LogP) is 1.24. The second kappa shape index (κ2) is 8.26. The van der Waals surface area contributed by atoms with E-state index in [4.69, 9.17) is 14.3 Å². The Labute approximate surface area is 133 Å². The molecule has 6 nitrogen and oxygen atoms in total.